The Labute approximate surface area is 64.5 Å². The van der Waals surface area contributed by atoms with E-state index in [1.54, 1.807) is 12.1 Å². The normalized spacial score (nSPS) is 9.64. The van der Waals surface area contributed by atoms with Crippen molar-refractivity contribution in [1.82, 2.24) is 0 Å². The maximum absolute atomic E-state index is 11.1. The number of ether oxygens (including phenoxy) is 1. The van der Waals surface area contributed by atoms with Crippen molar-refractivity contribution in [2.45, 2.75) is 6.92 Å². The molecule has 1 aromatic carbocycles. The molecule has 0 fully saturated rings. The Hall–Kier alpha value is -1.09. The van der Waals surface area contributed by atoms with Gasteiger partial charge in [0.1, 0.15) is 5.75 Å². The highest BCUT2D eigenvalue weighted by Crippen LogP contribution is 2.10. The van der Waals surface area contributed by atoms with E-state index in [2.05, 4.69) is 4.94 Å². The quantitative estimate of drug-likeness (QED) is 0.625. The number of benzene rings is 1. The summed E-state index contributed by atoms with van der Waals surface area (Å²) in [4.78, 5) is 3.25. The average Bonchev–Trinajstić information content (AvgIpc) is 2.04. The third-order valence-electron chi connectivity index (χ3n) is 1.29. The van der Waals surface area contributed by atoms with Crippen molar-refractivity contribution in [2.24, 2.45) is 0 Å². The lowest BCUT2D eigenvalue weighted by Crippen LogP contribution is -1.95. The molecule has 0 unspecified atom stereocenters. The Morgan fingerprint density at radius 3 is 2.45 bits per heavy atom. The summed E-state index contributed by atoms with van der Waals surface area (Å²) in [5.41, 5.74) is 1.14. The van der Waals surface area contributed by atoms with Crippen LogP contribution in [0, 0.1) is 6.92 Å². The van der Waals surface area contributed by atoms with Crippen molar-refractivity contribution in [3.05, 3.63) is 29.8 Å². The van der Waals surface area contributed by atoms with Crippen LogP contribution < -0.4 is 4.74 Å². The predicted octanol–water partition coefficient (Wildman–Crippen LogP) is 2.23. The lowest BCUT2D eigenvalue weighted by Gasteiger charge is -2.01. The van der Waals surface area contributed by atoms with Crippen LogP contribution in [0.4, 0.5) is 4.53 Å². The van der Waals surface area contributed by atoms with Gasteiger partial charge in [-0.1, -0.05) is 17.7 Å². The zero-order chi connectivity index (χ0) is 8.10. The molecule has 0 aliphatic carbocycles. The molecule has 0 N–H and O–H groups in total. The van der Waals surface area contributed by atoms with Crippen LogP contribution >= 0.6 is 0 Å². The largest absolute Gasteiger partial charge is 0.464 e. The van der Waals surface area contributed by atoms with E-state index in [0.29, 0.717) is 5.75 Å². The summed E-state index contributed by atoms with van der Waals surface area (Å²) >= 11 is 0. The van der Waals surface area contributed by atoms with Crippen molar-refractivity contribution in [2.75, 3.05) is 6.79 Å². The molecule has 0 heterocycles. The summed E-state index contributed by atoms with van der Waals surface area (Å²) in [6.07, 6.45) is 0. The molecule has 0 saturated heterocycles. The number of halogens is 1. The highest BCUT2D eigenvalue weighted by Gasteiger charge is 1.90. The lowest BCUT2D eigenvalue weighted by molar-refractivity contribution is -0.183. The standard InChI is InChI=1S/C8H9FO2/c1-7-2-4-8(5-3-7)10-6-11-9/h2-5H,6H2,1H3. The molecule has 11 heavy (non-hydrogen) atoms. The van der Waals surface area contributed by atoms with Gasteiger partial charge in [0.15, 0.2) is 0 Å². The molecule has 3 heteroatoms. The average molecular weight is 156 g/mol. The fraction of sp³-hybridized carbons (Fsp3) is 0.250. The molecular formula is C8H9FO2. The Kier molecular flexibility index (Phi) is 2.86. The van der Waals surface area contributed by atoms with E-state index >= 15 is 0 Å². The van der Waals surface area contributed by atoms with E-state index in [-0.39, 0.29) is 6.79 Å². The molecule has 60 valence electrons. The molecule has 0 aromatic heterocycles. The monoisotopic (exact) mass is 156 g/mol. The van der Waals surface area contributed by atoms with Gasteiger partial charge in [-0.2, -0.15) is 4.94 Å². The first-order chi connectivity index (χ1) is 5.33. The second kappa shape index (κ2) is 3.93. The first kappa shape index (κ1) is 8.01. The van der Waals surface area contributed by atoms with Crippen LogP contribution in [0.1, 0.15) is 5.56 Å². The Morgan fingerprint density at radius 2 is 1.91 bits per heavy atom. The Morgan fingerprint density at radius 1 is 1.27 bits per heavy atom. The maximum Gasteiger partial charge on any atom is 0.226 e. The third-order valence-corrected chi connectivity index (χ3v) is 1.29. The van der Waals surface area contributed by atoms with Crippen molar-refractivity contribution in [3.63, 3.8) is 0 Å². The maximum atomic E-state index is 11.1. The minimum atomic E-state index is -0.358. The zero-order valence-electron chi connectivity index (χ0n) is 6.21. The molecule has 0 aliphatic rings. The molecule has 1 aromatic rings. The van der Waals surface area contributed by atoms with Crippen LogP contribution in [0.25, 0.3) is 0 Å². The van der Waals surface area contributed by atoms with Crippen molar-refractivity contribution in [1.29, 1.82) is 0 Å². The van der Waals surface area contributed by atoms with Crippen molar-refractivity contribution in [3.8, 4) is 5.75 Å². The third kappa shape index (κ3) is 2.55. The molecule has 1 rings (SSSR count). The van der Waals surface area contributed by atoms with E-state index < -0.39 is 0 Å². The molecule has 0 radical (unpaired) electrons. The molecule has 0 spiro atoms. The summed E-state index contributed by atoms with van der Waals surface area (Å²) in [6.45, 7) is 1.61. The molecule has 0 bridgehead atoms. The summed E-state index contributed by atoms with van der Waals surface area (Å²) in [7, 11) is 0. The van der Waals surface area contributed by atoms with E-state index in [9.17, 15) is 4.53 Å². The number of hydrogen-bond acceptors (Lipinski definition) is 2. The minimum absolute atomic E-state index is 0.358. The van der Waals surface area contributed by atoms with Gasteiger partial charge in [0, 0.05) is 0 Å². The molecule has 0 aliphatic heterocycles. The molecule has 2 nitrogen and oxygen atoms in total. The van der Waals surface area contributed by atoms with Crippen LogP contribution in [-0.2, 0) is 4.94 Å². The minimum Gasteiger partial charge on any atom is -0.464 e. The van der Waals surface area contributed by atoms with E-state index in [1.165, 1.54) is 0 Å². The van der Waals surface area contributed by atoms with Gasteiger partial charge in [0.2, 0.25) is 6.79 Å². The number of rotatable bonds is 3. The first-order valence-corrected chi connectivity index (χ1v) is 3.26. The number of hydrogen-bond donors (Lipinski definition) is 0. The molecule has 0 amide bonds. The smallest absolute Gasteiger partial charge is 0.226 e. The van der Waals surface area contributed by atoms with Gasteiger partial charge in [-0.15, -0.1) is 0 Å². The lowest BCUT2D eigenvalue weighted by atomic mass is 10.2. The summed E-state index contributed by atoms with van der Waals surface area (Å²) in [5, 5.41) is 0. The molecular weight excluding hydrogens is 147 g/mol. The van der Waals surface area contributed by atoms with Crippen molar-refractivity contribution < 1.29 is 14.2 Å². The Balaban J connectivity index is 2.52. The second-order valence-electron chi connectivity index (χ2n) is 2.18. The van der Waals surface area contributed by atoms with Gasteiger partial charge in [-0.05, 0) is 23.6 Å². The van der Waals surface area contributed by atoms with Crippen molar-refractivity contribution >= 4 is 0 Å². The second-order valence-corrected chi connectivity index (χ2v) is 2.18. The van der Waals surface area contributed by atoms with Gasteiger partial charge in [-0.3, -0.25) is 0 Å². The van der Waals surface area contributed by atoms with Gasteiger partial charge in [0.05, 0.1) is 0 Å². The Bertz CT molecular complexity index is 208. The van der Waals surface area contributed by atoms with Gasteiger partial charge in [-0.25, -0.2) is 0 Å². The van der Waals surface area contributed by atoms with Gasteiger partial charge < -0.3 is 4.74 Å². The molecule has 0 atom stereocenters. The van der Waals surface area contributed by atoms with Crippen LogP contribution in [0.3, 0.4) is 0 Å². The summed E-state index contributed by atoms with van der Waals surface area (Å²) in [5.74, 6) is 0.605. The van der Waals surface area contributed by atoms with Crippen LogP contribution in [-0.4, -0.2) is 6.79 Å². The van der Waals surface area contributed by atoms with Crippen LogP contribution in [0.2, 0.25) is 0 Å². The highest BCUT2D eigenvalue weighted by molar-refractivity contribution is 5.25. The summed E-state index contributed by atoms with van der Waals surface area (Å²) in [6, 6.07) is 7.28. The van der Waals surface area contributed by atoms with E-state index in [4.69, 9.17) is 4.74 Å². The van der Waals surface area contributed by atoms with E-state index in [1.807, 2.05) is 19.1 Å². The predicted molar refractivity (Wildman–Crippen MR) is 38.9 cm³/mol. The van der Waals surface area contributed by atoms with Gasteiger partial charge in [0.25, 0.3) is 0 Å². The fourth-order valence-corrected chi connectivity index (χ4v) is 0.725. The highest BCUT2D eigenvalue weighted by atomic mass is 19.3. The zero-order valence-corrected chi connectivity index (χ0v) is 6.21. The van der Waals surface area contributed by atoms with E-state index in [0.717, 1.165) is 5.56 Å². The number of aryl methyl sites for hydroxylation is 1. The fourth-order valence-electron chi connectivity index (χ4n) is 0.725. The van der Waals surface area contributed by atoms with Gasteiger partial charge >= 0.3 is 0 Å². The van der Waals surface area contributed by atoms with Crippen LogP contribution in [0.5, 0.6) is 5.75 Å². The topological polar surface area (TPSA) is 18.5 Å². The molecule has 0 saturated carbocycles. The van der Waals surface area contributed by atoms with Crippen LogP contribution in [0.15, 0.2) is 24.3 Å². The SMILES string of the molecule is Cc1ccc(OCOF)cc1. The summed E-state index contributed by atoms with van der Waals surface area (Å²) < 4.78 is 15.9. The first-order valence-electron chi connectivity index (χ1n) is 3.26.